The number of methoxy groups -OCH3 is 1. The second kappa shape index (κ2) is 11.3. The highest BCUT2D eigenvalue weighted by Gasteiger charge is 2.27. The van der Waals surface area contributed by atoms with Crippen molar-refractivity contribution in [1.29, 1.82) is 0 Å². The molecule has 0 aliphatic rings. The number of para-hydroxylation sites is 2. The summed E-state index contributed by atoms with van der Waals surface area (Å²) in [7, 11) is -2.58. The van der Waals surface area contributed by atoms with Gasteiger partial charge in [-0.2, -0.15) is 5.10 Å². The van der Waals surface area contributed by atoms with Gasteiger partial charge in [0.15, 0.2) is 0 Å². The van der Waals surface area contributed by atoms with Crippen molar-refractivity contribution in [3.63, 3.8) is 0 Å². The lowest BCUT2D eigenvalue weighted by molar-refractivity contribution is -0.119. The number of hydrazone groups is 1. The number of carbonyl (C=O) groups is 1. The van der Waals surface area contributed by atoms with Crippen LogP contribution in [0.25, 0.3) is 5.69 Å². The lowest BCUT2D eigenvalue weighted by Gasteiger charge is -2.23. The predicted molar refractivity (Wildman–Crippen MR) is 145 cm³/mol. The Hall–Kier alpha value is -4.44. The van der Waals surface area contributed by atoms with Crippen molar-refractivity contribution in [3.8, 4) is 11.4 Å². The van der Waals surface area contributed by atoms with Crippen LogP contribution in [0.3, 0.4) is 0 Å². The van der Waals surface area contributed by atoms with Gasteiger partial charge in [0.1, 0.15) is 18.1 Å². The molecular formula is C28H27FN4O4S. The maximum atomic E-state index is 14.3. The maximum absolute atomic E-state index is 14.3. The van der Waals surface area contributed by atoms with Crippen molar-refractivity contribution < 1.29 is 22.3 Å². The first-order chi connectivity index (χ1) is 18.2. The Morgan fingerprint density at radius 3 is 2.34 bits per heavy atom. The van der Waals surface area contributed by atoms with Crippen LogP contribution >= 0.6 is 0 Å². The summed E-state index contributed by atoms with van der Waals surface area (Å²) in [5.74, 6) is -0.480. The molecule has 38 heavy (non-hydrogen) atoms. The molecule has 0 spiro atoms. The van der Waals surface area contributed by atoms with Gasteiger partial charge < -0.3 is 9.30 Å². The zero-order valence-corrected chi connectivity index (χ0v) is 21.9. The topological polar surface area (TPSA) is 93.0 Å². The summed E-state index contributed by atoms with van der Waals surface area (Å²) in [5, 5.41) is 4.03. The number of aromatic nitrogens is 1. The van der Waals surface area contributed by atoms with Gasteiger partial charge in [0.25, 0.3) is 15.9 Å². The molecular weight excluding hydrogens is 507 g/mol. The van der Waals surface area contributed by atoms with Gasteiger partial charge in [0, 0.05) is 17.0 Å². The van der Waals surface area contributed by atoms with Crippen LogP contribution in [0.2, 0.25) is 0 Å². The molecule has 3 aromatic carbocycles. The second-order valence-corrected chi connectivity index (χ2v) is 10.3. The number of sulfonamides is 1. The van der Waals surface area contributed by atoms with E-state index in [0.29, 0.717) is 22.7 Å². The van der Waals surface area contributed by atoms with E-state index < -0.39 is 22.5 Å². The minimum absolute atomic E-state index is 0.0130. The first-order valence-electron chi connectivity index (χ1n) is 11.7. The van der Waals surface area contributed by atoms with Gasteiger partial charge in [-0.15, -0.1) is 0 Å². The van der Waals surface area contributed by atoms with Crippen LogP contribution in [-0.4, -0.2) is 38.8 Å². The number of ether oxygens (including phenoxy) is 1. The highest BCUT2D eigenvalue weighted by Crippen LogP contribution is 2.25. The van der Waals surface area contributed by atoms with Gasteiger partial charge in [-0.05, 0) is 68.4 Å². The molecule has 4 aromatic rings. The molecule has 0 saturated carbocycles. The average molecular weight is 535 g/mol. The smallest absolute Gasteiger partial charge is 0.264 e. The molecule has 196 valence electrons. The lowest BCUT2D eigenvalue weighted by atomic mass is 10.2. The molecule has 0 aliphatic heterocycles. The molecule has 0 unspecified atom stereocenters. The van der Waals surface area contributed by atoms with Crippen LogP contribution in [0.5, 0.6) is 5.75 Å². The standard InChI is InChI=1S/C28H27FN4O4S/c1-20-17-22(21(2)33(20)27-12-8-7-11-26(27)29)18-30-31-28(34)19-32(23-9-5-4-6-10-23)38(35,36)25-15-13-24(37-3)14-16-25/h4-18H,19H2,1-3H3,(H,31,34)/b30-18-. The van der Waals surface area contributed by atoms with Crippen molar-refractivity contribution >= 4 is 27.8 Å². The Bertz CT molecular complexity index is 1570. The average Bonchev–Trinajstić information content (AvgIpc) is 3.20. The van der Waals surface area contributed by atoms with E-state index in [1.54, 1.807) is 53.1 Å². The van der Waals surface area contributed by atoms with E-state index in [1.807, 2.05) is 19.9 Å². The van der Waals surface area contributed by atoms with E-state index in [9.17, 15) is 17.6 Å². The van der Waals surface area contributed by atoms with Crippen molar-refractivity contribution in [2.45, 2.75) is 18.7 Å². The first kappa shape index (κ1) is 26.6. The van der Waals surface area contributed by atoms with E-state index in [0.717, 1.165) is 15.7 Å². The Morgan fingerprint density at radius 1 is 1.03 bits per heavy atom. The number of hydrogen-bond donors (Lipinski definition) is 1. The monoisotopic (exact) mass is 534 g/mol. The second-order valence-electron chi connectivity index (χ2n) is 8.43. The number of halogens is 1. The van der Waals surface area contributed by atoms with Crippen LogP contribution in [0.15, 0.2) is 94.9 Å². The van der Waals surface area contributed by atoms with Crippen molar-refractivity contribution in [2.75, 3.05) is 18.0 Å². The summed E-state index contributed by atoms with van der Waals surface area (Å²) in [6, 6.07) is 22.5. The Morgan fingerprint density at radius 2 is 1.68 bits per heavy atom. The fourth-order valence-electron chi connectivity index (χ4n) is 4.05. The molecule has 1 amide bonds. The molecule has 8 nitrogen and oxygen atoms in total. The van der Waals surface area contributed by atoms with Gasteiger partial charge in [-0.3, -0.25) is 9.10 Å². The highest BCUT2D eigenvalue weighted by atomic mass is 32.2. The van der Waals surface area contributed by atoms with E-state index in [2.05, 4.69) is 10.5 Å². The van der Waals surface area contributed by atoms with Gasteiger partial charge >= 0.3 is 0 Å². The summed E-state index contributed by atoms with van der Waals surface area (Å²) in [4.78, 5) is 12.8. The van der Waals surface area contributed by atoms with Gasteiger partial charge in [0.2, 0.25) is 0 Å². The van der Waals surface area contributed by atoms with E-state index in [-0.39, 0.29) is 10.7 Å². The number of aryl methyl sites for hydroxylation is 1. The normalized spacial score (nSPS) is 11.5. The van der Waals surface area contributed by atoms with E-state index in [4.69, 9.17) is 4.74 Å². The van der Waals surface area contributed by atoms with E-state index in [1.165, 1.54) is 43.7 Å². The van der Waals surface area contributed by atoms with Crippen LogP contribution < -0.4 is 14.5 Å². The van der Waals surface area contributed by atoms with Crippen molar-refractivity contribution in [1.82, 2.24) is 9.99 Å². The number of benzene rings is 3. The van der Waals surface area contributed by atoms with Crippen LogP contribution in [0, 0.1) is 19.7 Å². The third-order valence-electron chi connectivity index (χ3n) is 5.94. The summed E-state index contributed by atoms with van der Waals surface area (Å²) in [6.45, 7) is 3.17. The SMILES string of the molecule is COc1ccc(S(=O)(=O)N(CC(=O)N/N=C\c2cc(C)n(-c3ccccc3F)c2C)c2ccccc2)cc1. The van der Waals surface area contributed by atoms with Gasteiger partial charge in [-0.25, -0.2) is 18.2 Å². The fourth-order valence-corrected chi connectivity index (χ4v) is 5.47. The molecule has 0 aliphatic carbocycles. The van der Waals surface area contributed by atoms with Crippen LogP contribution in [0.1, 0.15) is 17.0 Å². The predicted octanol–water partition coefficient (Wildman–Crippen LogP) is 4.59. The number of rotatable bonds is 9. The van der Waals surface area contributed by atoms with Crippen molar-refractivity contribution in [3.05, 3.63) is 108 Å². The number of nitrogens with zero attached hydrogens (tertiary/aromatic N) is 3. The number of carbonyl (C=O) groups excluding carboxylic acids is 1. The molecule has 0 radical (unpaired) electrons. The number of amides is 1. The van der Waals surface area contributed by atoms with Gasteiger partial charge in [-0.1, -0.05) is 30.3 Å². The maximum Gasteiger partial charge on any atom is 0.264 e. The zero-order valence-electron chi connectivity index (χ0n) is 21.1. The fraction of sp³-hybridized carbons (Fsp3) is 0.143. The van der Waals surface area contributed by atoms with Crippen LogP contribution in [0.4, 0.5) is 10.1 Å². The highest BCUT2D eigenvalue weighted by molar-refractivity contribution is 7.92. The summed E-state index contributed by atoms with van der Waals surface area (Å²) in [5.41, 5.74) is 5.35. The summed E-state index contributed by atoms with van der Waals surface area (Å²) < 4.78 is 49.1. The molecule has 0 bridgehead atoms. The number of anilines is 1. The molecule has 1 N–H and O–H groups in total. The van der Waals surface area contributed by atoms with Crippen molar-refractivity contribution in [2.24, 2.45) is 5.10 Å². The molecule has 0 saturated heterocycles. The third kappa shape index (κ3) is 5.60. The van der Waals surface area contributed by atoms with Crippen LogP contribution in [-0.2, 0) is 14.8 Å². The number of nitrogens with one attached hydrogen (secondary N) is 1. The molecule has 10 heteroatoms. The Kier molecular flexibility index (Phi) is 7.92. The minimum atomic E-state index is -4.07. The van der Waals surface area contributed by atoms with Gasteiger partial charge in [0.05, 0.1) is 29.6 Å². The number of hydrogen-bond acceptors (Lipinski definition) is 5. The molecule has 4 rings (SSSR count). The molecule has 1 heterocycles. The third-order valence-corrected chi connectivity index (χ3v) is 7.72. The first-order valence-corrected chi connectivity index (χ1v) is 13.1. The largest absolute Gasteiger partial charge is 0.497 e. The molecule has 0 atom stereocenters. The lowest BCUT2D eigenvalue weighted by Crippen LogP contribution is -2.39. The quantitative estimate of drug-likeness (QED) is 0.251. The Labute approximate surface area is 221 Å². The molecule has 0 fully saturated rings. The minimum Gasteiger partial charge on any atom is -0.497 e. The Balaban J connectivity index is 1.54. The zero-order chi connectivity index (χ0) is 27.3. The summed E-state index contributed by atoms with van der Waals surface area (Å²) in [6.07, 6.45) is 1.45. The van der Waals surface area contributed by atoms with E-state index >= 15 is 0 Å². The summed E-state index contributed by atoms with van der Waals surface area (Å²) >= 11 is 0. The molecule has 1 aromatic heterocycles.